The quantitative estimate of drug-likeness (QED) is 0.731. The first kappa shape index (κ1) is 16.1. The summed E-state index contributed by atoms with van der Waals surface area (Å²) in [7, 11) is 1.74. The molecule has 1 rings (SSSR count). The van der Waals surface area contributed by atoms with Gasteiger partial charge in [0.25, 0.3) is 0 Å². The molecule has 0 unspecified atom stereocenters. The molecule has 0 amide bonds. The van der Waals surface area contributed by atoms with E-state index in [1.165, 1.54) is 0 Å². The van der Waals surface area contributed by atoms with Gasteiger partial charge in [-0.25, -0.2) is 0 Å². The van der Waals surface area contributed by atoms with Crippen molar-refractivity contribution < 1.29 is 9.47 Å². The molecular weight excluding hydrogens is 262 g/mol. The van der Waals surface area contributed by atoms with Crippen LogP contribution < -0.4 is 10.1 Å². The van der Waals surface area contributed by atoms with E-state index in [1.54, 1.807) is 7.11 Å². The maximum atomic E-state index is 5.94. The predicted octanol–water partition coefficient (Wildman–Crippen LogP) is 4.05. The van der Waals surface area contributed by atoms with Crippen LogP contribution in [-0.4, -0.2) is 25.9 Å². The van der Waals surface area contributed by atoms with E-state index in [0.29, 0.717) is 12.5 Å². The van der Waals surface area contributed by atoms with Crippen molar-refractivity contribution in [1.82, 2.24) is 0 Å². The molecule has 0 saturated heterocycles. The summed E-state index contributed by atoms with van der Waals surface area (Å²) >= 11 is 5.94. The fraction of sp³-hybridized carbons (Fsp3) is 0.600. The highest BCUT2D eigenvalue weighted by Crippen LogP contribution is 2.25. The smallest absolute Gasteiger partial charge is 0.123 e. The Morgan fingerprint density at radius 2 is 2.05 bits per heavy atom. The van der Waals surface area contributed by atoms with E-state index in [2.05, 4.69) is 19.2 Å². The van der Waals surface area contributed by atoms with E-state index in [0.717, 1.165) is 30.0 Å². The number of benzene rings is 1. The van der Waals surface area contributed by atoms with Gasteiger partial charge in [-0.1, -0.05) is 0 Å². The Hall–Kier alpha value is -0.930. The van der Waals surface area contributed by atoms with Crippen molar-refractivity contribution in [3.8, 4) is 5.75 Å². The molecule has 4 heteroatoms. The molecular formula is C15H24ClNO2. The van der Waals surface area contributed by atoms with Gasteiger partial charge in [0.2, 0.25) is 0 Å². The van der Waals surface area contributed by atoms with Gasteiger partial charge in [-0.2, -0.15) is 0 Å². The zero-order chi connectivity index (χ0) is 14.3. The van der Waals surface area contributed by atoms with Crippen LogP contribution in [0, 0.1) is 0 Å². The first-order valence-electron chi connectivity index (χ1n) is 6.63. The van der Waals surface area contributed by atoms with Crippen LogP contribution in [-0.2, 0) is 10.6 Å². The minimum atomic E-state index is -0.104. The number of halogens is 1. The zero-order valence-corrected chi connectivity index (χ0v) is 13.0. The van der Waals surface area contributed by atoms with Gasteiger partial charge >= 0.3 is 0 Å². The molecule has 3 nitrogen and oxygen atoms in total. The van der Waals surface area contributed by atoms with Crippen LogP contribution in [0.1, 0.15) is 32.8 Å². The van der Waals surface area contributed by atoms with Crippen molar-refractivity contribution in [2.75, 3.05) is 25.6 Å². The van der Waals surface area contributed by atoms with Gasteiger partial charge in [0.05, 0.1) is 18.1 Å². The van der Waals surface area contributed by atoms with Gasteiger partial charge in [-0.3, -0.25) is 0 Å². The van der Waals surface area contributed by atoms with Crippen LogP contribution in [0.2, 0.25) is 0 Å². The predicted molar refractivity (Wildman–Crippen MR) is 81.4 cm³/mol. The van der Waals surface area contributed by atoms with Gasteiger partial charge < -0.3 is 14.8 Å². The van der Waals surface area contributed by atoms with Gasteiger partial charge in [-0.05, 0) is 45.4 Å². The fourth-order valence-electron chi connectivity index (χ4n) is 1.70. The minimum Gasteiger partial charge on any atom is -0.494 e. The molecule has 1 aromatic rings. The topological polar surface area (TPSA) is 30.5 Å². The molecule has 1 aromatic carbocycles. The summed E-state index contributed by atoms with van der Waals surface area (Å²) in [5.41, 5.74) is 1.97. The minimum absolute atomic E-state index is 0.104. The number of hydrogen-bond donors (Lipinski definition) is 1. The first-order chi connectivity index (χ1) is 9.02. The zero-order valence-electron chi connectivity index (χ0n) is 12.3. The summed E-state index contributed by atoms with van der Waals surface area (Å²) in [4.78, 5) is 0. The van der Waals surface area contributed by atoms with Crippen molar-refractivity contribution >= 4 is 17.3 Å². The van der Waals surface area contributed by atoms with Crippen LogP contribution >= 0.6 is 11.6 Å². The highest BCUT2D eigenvalue weighted by Gasteiger charge is 2.15. The molecule has 0 heterocycles. The Bertz CT molecular complexity index is 394. The van der Waals surface area contributed by atoms with E-state index >= 15 is 0 Å². The number of nitrogens with one attached hydrogen (secondary N) is 1. The second-order valence-corrected chi connectivity index (χ2v) is 5.30. The molecule has 19 heavy (non-hydrogen) atoms. The summed E-state index contributed by atoms with van der Waals surface area (Å²) in [6, 6.07) is 6.02. The number of ether oxygens (including phenoxy) is 2. The van der Waals surface area contributed by atoms with Gasteiger partial charge in [0, 0.05) is 24.9 Å². The number of hydrogen-bond acceptors (Lipinski definition) is 3. The van der Waals surface area contributed by atoms with Crippen LogP contribution in [0.4, 0.5) is 5.69 Å². The monoisotopic (exact) mass is 285 g/mol. The molecule has 0 radical (unpaired) electrons. The molecule has 0 spiro atoms. The Kier molecular flexibility index (Phi) is 6.46. The number of rotatable bonds is 8. The lowest BCUT2D eigenvalue weighted by atomic mass is 10.1. The maximum Gasteiger partial charge on any atom is 0.123 e. The summed E-state index contributed by atoms with van der Waals surface area (Å²) in [6.45, 7) is 7.64. The number of anilines is 1. The van der Waals surface area contributed by atoms with Gasteiger partial charge in [0.1, 0.15) is 5.75 Å². The third-order valence-electron chi connectivity index (χ3n) is 3.11. The van der Waals surface area contributed by atoms with E-state index in [1.807, 2.05) is 25.1 Å². The first-order valence-corrected chi connectivity index (χ1v) is 7.16. The van der Waals surface area contributed by atoms with Crippen molar-refractivity contribution in [3.05, 3.63) is 23.8 Å². The summed E-state index contributed by atoms with van der Waals surface area (Å²) in [6.07, 6.45) is 0.937. The normalized spacial score (nSPS) is 11.4. The fourth-order valence-corrected chi connectivity index (χ4v) is 1.91. The highest BCUT2D eigenvalue weighted by molar-refractivity contribution is 6.17. The third kappa shape index (κ3) is 5.29. The largest absolute Gasteiger partial charge is 0.494 e. The lowest BCUT2D eigenvalue weighted by Gasteiger charge is -2.23. The van der Waals surface area contributed by atoms with Crippen LogP contribution in [0.5, 0.6) is 5.75 Å². The molecule has 0 fully saturated rings. The van der Waals surface area contributed by atoms with E-state index < -0.39 is 0 Å². The lowest BCUT2D eigenvalue weighted by molar-refractivity contribution is 0.0185. The lowest BCUT2D eigenvalue weighted by Crippen LogP contribution is -2.25. The molecule has 1 N–H and O–H groups in total. The molecule has 0 bridgehead atoms. The van der Waals surface area contributed by atoms with Crippen molar-refractivity contribution in [2.24, 2.45) is 0 Å². The number of methoxy groups -OCH3 is 1. The summed E-state index contributed by atoms with van der Waals surface area (Å²) < 4.78 is 10.9. The Balaban J connectivity index is 2.60. The van der Waals surface area contributed by atoms with Gasteiger partial charge in [-0.15, -0.1) is 11.6 Å². The van der Waals surface area contributed by atoms with Crippen molar-refractivity contribution in [3.63, 3.8) is 0 Å². The van der Waals surface area contributed by atoms with Crippen molar-refractivity contribution in [2.45, 2.75) is 38.7 Å². The molecule has 0 atom stereocenters. The van der Waals surface area contributed by atoms with Crippen LogP contribution in [0.15, 0.2) is 18.2 Å². The molecule has 0 aliphatic rings. The summed E-state index contributed by atoms with van der Waals surface area (Å²) in [5.74, 6) is 1.31. The third-order valence-corrected chi connectivity index (χ3v) is 3.40. The van der Waals surface area contributed by atoms with Gasteiger partial charge in [0.15, 0.2) is 0 Å². The molecule has 0 saturated carbocycles. The molecule has 0 aliphatic heterocycles. The van der Waals surface area contributed by atoms with E-state index in [4.69, 9.17) is 21.1 Å². The molecule has 0 aliphatic carbocycles. The van der Waals surface area contributed by atoms with E-state index in [9.17, 15) is 0 Å². The van der Waals surface area contributed by atoms with Crippen LogP contribution in [0.25, 0.3) is 0 Å². The Morgan fingerprint density at radius 1 is 1.32 bits per heavy atom. The second-order valence-electron chi connectivity index (χ2n) is 5.03. The van der Waals surface area contributed by atoms with Crippen LogP contribution in [0.3, 0.4) is 0 Å². The Labute approximate surface area is 121 Å². The van der Waals surface area contributed by atoms with Crippen molar-refractivity contribution in [1.29, 1.82) is 0 Å². The van der Waals surface area contributed by atoms with E-state index in [-0.39, 0.29) is 5.60 Å². The standard InChI is InChI=1S/C15H24ClNO2/c1-5-19-14-7-6-13(10-12(14)11-16)17-9-8-15(2,3)18-4/h6-7,10,17H,5,8-9,11H2,1-4H3. The number of alkyl halides is 1. The maximum absolute atomic E-state index is 5.94. The SMILES string of the molecule is CCOc1ccc(NCCC(C)(C)OC)cc1CCl. The summed E-state index contributed by atoms with van der Waals surface area (Å²) in [5, 5.41) is 3.38. The second kappa shape index (κ2) is 7.61. The Morgan fingerprint density at radius 3 is 2.63 bits per heavy atom. The average Bonchev–Trinajstić information content (AvgIpc) is 2.40. The highest BCUT2D eigenvalue weighted by atomic mass is 35.5. The molecule has 0 aromatic heterocycles. The average molecular weight is 286 g/mol. The molecule has 108 valence electrons.